The Labute approximate surface area is 101 Å². The highest BCUT2D eigenvalue weighted by atomic mass is 16.5. The van der Waals surface area contributed by atoms with Crippen LogP contribution in [0.3, 0.4) is 0 Å². The highest BCUT2D eigenvalue weighted by Crippen LogP contribution is 2.10. The molecule has 0 spiro atoms. The van der Waals surface area contributed by atoms with Gasteiger partial charge in [-0.2, -0.15) is 0 Å². The zero-order valence-corrected chi connectivity index (χ0v) is 10.5. The van der Waals surface area contributed by atoms with Gasteiger partial charge < -0.3 is 10.5 Å². The van der Waals surface area contributed by atoms with E-state index in [0.29, 0.717) is 25.4 Å². The van der Waals surface area contributed by atoms with E-state index in [1.807, 2.05) is 0 Å². The van der Waals surface area contributed by atoms with E-state index in [-0.39, 0.29) is 0 Å². The van der Waals surface area contributed by atoms with Crippen LogP contribution in [0.5, 0.6) is 0 Å². The van der Waals surface area contributed by atoms with E-state index in [2.05, 4.69) is 17.2 Å². The third-order valence-corrected chi connectivity index (χ3v) is 2.37. The molecule has 0 saturated carbocycles. The predicted octanol–water partition coefficient (Wildman–Crippen LogP) is 0.756. The molecule has 0 atom stereocenters. The van der Waals surface area contributed by atoms with Gasteiger partial charge >= 0.3 is 5.97 Å². The van der Waals surface area contributed by atoms with E-state index in [1.54, 1.807) is 11.6 Å². The lowest BCUT2D eigenvalue weighted by molar-refractivity contribution is 0.0518. The molecule has 6 heteroatoms. The van der Waals surface area contributed by atoms with Crippen LogP contribution in [0.1, 0.15) is 42.9 Å². The molecule has 0 amide bonds. The molecule has 0 fully saturated rings. The molecular weight excluding hydrogens is 220 g/mol. The van der Waals surface area contributed by atoms with Gasteiger partial charge in [-0.05, 0) is 26.3 Å². The van der Waals surface area contributed by atoms with Crippen molar-refractivity contribution in [1.29, 1.82) is 0 Å². The highest BCUT2D eigenvalue weighted by Gasteiger charge is 2.19. The predicted molar refractivity (Wildman–Crippen MR) is 63.6 cm³/mol. The van der Waals surface area contributed by atoms with Gasteiger partial charge in [0.15, 0.2) is 5.69 Å². The molecule has 17 heavy (non-hydrogen) atoms. The molecule has 2 N–H and O–H groups in total. The zero-order valence-electron chi connectivity index (χ0n) is 10.5. The molecule has 0 aromatic carbocycles. The topological polar surface area (TPSA) is 83.0 Å². The fourth-order valence-corrected chi connectivity index (χ4v) is 1.60. The van der Waals surface area contributed by atoms with E-state index in [9.17, 15) is 4.79 Å². The summed E-state index contributed by atoms with van der Waals surface area (Å²) >= 11 is 0. The first kappa shape index (κ1) is 13.6. The highest BCUT2D eigenvalue weighted by molar-refractivity contribution is 5.88. The maximum Gasteiger partial charge on any atom is 0.360 e. The number of hydrogen-bond donors (Lipinski definition) is 1. The summed E-state index contributed by atoms with van der Waals surface area (Å²) in [6.45, 7) is 5.46. The number of carbonyl (C=O) groups is 1. The fraction of sp³-hybridized carbons (Fsp3) is 0.727. The van der Waals surface area contributed by atoms with Gasteiger partial charge in [-0.1, -0.05) is 18.6 Å². The zero-order chi connectivity index (χ0) is 12.7. The molecule has 6 nitrogen and oxygen atoms in total. The Kier molecular flexibility index (Phi) is 5.62. The molecule has 0 bridgehead atoms. The number of hydrogen-bond acceptors (Lipinski definition) is 5. The molecule has 1 heterocycles. The van der Waals surface area contributed by atoms with Gasteiger partial charge in [0.2, 0.25) is 0 Å². The molecule has 1 aromatic rings. The second kappa shape index (κ2) is 7.01. The third kappa shape index (κ3) is 3.52. The first-order valence-corrected chi connectivity index (χ1v) is 6.04. The number of rotatable bonds is 7. The van der Waals surface area contributed by atoms with Crippen molar-refractivity contribution in [3.05, 3.63) is 11.4 Å². The van der Waals surface area contributed by atoms with E-state index in [1.165, 1.54) is 0 Å². The maximum atomic E-state index is 11.7. The van der Waals surface area contributed by atoms with Crippen molar-refractivity contribution in [2.45, 2.75) is 39.7 Å². The standard InChI is InChI=1S/C11H20N4O2/c1-3-6-9-10(11(16)17-4-2)13-14-15(9)8-5-7-12/h3-8,12H2,1-2H3. The maximum absolute atomic E-state index is 11.7. The normalized spacial score (nSPS) is 10.5. The Balaban J connectivity index is 2.88. The van der Waals surface area contributed by atoms with Crippen molar-refractivity contribution in [1.82, 2.24) is 15.0 Å². The minimum Gasteiger partial charge on any atom is -0.461 e. The first-order chi connectivity index (χ1) is 8.24. The average Bonchev–Trinajstić information content (AvgIpc) is 2.70. The van der Waals surface area contributed by atoms with Crippen molar-refractivity contribution in [3.8, 4) is 0 Å². The molecule has 0 aliphatic rings. The summed E-state index contributed by atoms with van der Waals surface area (Å²) in [6.07, 6.45) is 2.52. The lowest BCUT2D eigenvalue weighted by atomic mass is 10.2. The first-order valence-electron chi connectivity index (χ1n) is 6.04. The minimum absolute atomic E-state index is 0.339. The largest absolute Gasteiger partial charge is 0.461 e. The third-order valence-electron chi connectivity index (χ3n) is 2.37. The van der Waals surface area contributed by atoms with Crippen LogP contribution in [0.15, 0.2) is 0 Å². The smallest absolute Gasteiger partial charge is 0.360 e. The van der Waals surface area contributed by atoms with Crippen LogP contribution in [-0.4, -0.2) is 34.1 Å². The van der Waals surface area contributed by atoms with E-state index < -0.39 is 5.97 Å². The van der Waals surface area contributed by atoms with Crippen LogP contribution in [0, 0.1) is 0 Å². The van der Waals surface area contributed by atoms with E-state index >= 15 is 0 Å². The van der Waals surface area contributed by atoms with Crippen LogP contribution in [0.4, 0.5) is 0 Å². The van der Waals surface area contributed by atoms with Gasteiger partial charge in [0, 0.05) is 6.54 Å². The number of nitrogens with two attached hydrogens (primary N) is 1. The lowest BCUT2D eigenvalue weighted by Crippen LogP contribution is -2.12. The molecule has 0 saturated heterocycles. The van der Waals surface area contributed by atoms with Gasteiger partial charge in [0.25, 0.3) is 0 Å². The minimum atomic E-state index is -0.394. The summed E-state index contributed by atoms with van der Waals surface area (Å²) in [5.74, 6) is -0.394. The van der Waals surface area contributed by atoms with Crippen LogP contribution < -0.4 is 5.73 Å². The van der Waals surface area contributed by atoms with E-state index in [0.717, 1.165) is 25.0 Å². The molecule has 0 unspecified atom stereocenters. The van der Waals surface area contributed by atoms with Crippen molar-refractivity contribution in [3.63, 3.8) is 0 Å². The summed E-state index contributed by atoms with van der Waals surface area (Å²) in [6, 6.07) is 0. The number of esters is 1. The Morgan fingerprint density at radius 3 is 2.82 bits per heavy atom. The lowest BCUT2D eigenvalue weighted by Gasteiger charge is -2.05. The Bertz CT molecular complexity index is 362. The second-order valence-electron chi connectivity index (χ2n) is 3.72. The van der Waals surface area contributed by atoms with Gasteiger partial charge in [0.1, 0.15) is 0 Å². The van der Waals surface area contributed by atoms with Crippen LogP contribution >= 0.6 is 0 Å². The Morgan fingerprint density at radius 2 is 2.24 bits per heavy atom. The molecular formula is C11H20N4O2. The Hall–Kier alpha value is -1.43. The monoisotopic (exact) mass is 240 g/mol. The summed E-state index contributed by atoms with van der Waals surface area (Å²) < 4.78 is 6.71. The van der Waals surface area contributed by atoms with Crippen LogP contribution in [0.2, 0.25) is 0 Å². The summed E-state index contributed by atoms with van der Waals surface area (Å²) in [5.41, 5.74) is 6.65. The summed E-state index contributed by atoms with van der Waals surface area (Å²) in [7, 11) is 0. The van der Waals surface area contributed by atoms with Gasteiger partial charge in [0.05, 0.1) is 12.3 Å². The average molecular weight is 240 g/mol. The number of ether oxygens (including phenoxy) is 1. The fourth-order valence-electron chi connectivity index (χ4n) is 1.60. The molecule has 1 rings (SSSR count). The number of aromatic nitrogens is 3. The second-order valence-corrected chi connectivity index (χ2v) is 3.72. The van der Waals surface area contributed by atoms with Crippen LogP contribution in [0.25, 0.3) is 0 Å². The Morgan fingerprint density at radius 1 is 1.47 bits per heavy atom. The summed E-state index contributed by atoms with van der Waals surface area (Å²) in [5, 5.41) is 7.89. The van der Waals surface area contributed by atoms with Gasteiger partial charge in [-0.25, -0.2) is 9.48 Å². The molecule has 0 aliphatic heterocycles. The molecule has 96 valence electrons. The molecule has 0 radical (unpaired) electrons. The van der Waals surface area contributed by atoms with Crippen molar-refractivity contribution < 1.29 is 9.53 Å². The number of carbonyl (C=O) groups excluding carboxylic acids is 1. The quantitative estimate of drug-likeness (QED) is 0.711. The SMILES string of the molecule is CCCc1c(C(=O)OCC)nnn1CCCN. The molecule has 1 aromatic heterocycles. The van der Waals surface area contributed by atoms with Gasteiger partial charge in [-0.3, -0.25) is 0 Å². The van der Waals surface area contributed by atoms with Gasteiger partial charge in [-0.15, -0.1) is 5.10 Å². The van der Waals surface area contributed by atoms with E-state index in [4.69, 9.17) is 10.5 Å². The van der Waals surface area contributed by atoms with Crippen molar-refractivity contribution >= 4 is 5.97 Å². The number of aryl methyl sites for hydroxylation is 1. The van der Waals surface area contributed by atoms with Crippen molar-refractivity contribution in [2.75, 3.05) is 13.2 Å². The van der Waals surface area contributed by atoms with Crippen LogP contribution in [-0.2, 0) is 17.7 Å². The molecule has 0 aliphatic carbocycles. The number of nitrogens with zero attached hydrogens (tertiary/aromatic N) is 3. The van der Waals surface area contributed by atoms with Crippen molar-refractivity contribution in [2.24, 2.45) is 5.73 Å². The summed E-state index contributed by atoms with van der Waals surface area (Å²) in [4.78, 5) is 11.7.